The predicted octanol–water partition coefficient (Wildman–Crippen LogP) is 1.89. The molecule has 0 bridgehead atoms. The molecule has 0 amide bonds. The molecule has 0 aliphatic rings. The Kier molecular flexibility index (Phi) is 16.6. The SMILES string of the molecule is CCCCCCCCCCOC(=O)C[N+](C)(C)C/C=C(/C)Cl.[Cl-]. The van der Waals surface area contributed by atoms with Crippen molar-refractivity contribution in [1.82, 2.24) is 0 Å². The van der Waals surface area contributed by atoms with Crippen molar-refractivity contribution in [3.05, 3.63) is 11.1 Å². The fourth-order valence-corrected chi connectivity index (χ4v) is 2.32. The van der Waals surface area contributed by atoms with E-state index in [0.717, 1.165) is 24.4 Å². The summed E-state index contributed by atoms with van der Waals surface area (Å²) < 4.78 is 5.89. The van der Waals surface area contributed by atoms with Gasteiger partial charge in [0.05, 0.1) is 27.2 Å². The molecule has 0 radical (unpaired) electrons. The van der Waals surface area contributed by atoms with Crippen molar-refractivity contribution >= 4 is 17.6 Å². The van der Waals surface area contributed by atoms with Crippen LogP contribution in [-0.2, 0) is 9.53 Å². The largest absolute Gasteiger partial charge is 1.00 e. The lowest BCUT2D eigenvalue weighted by atomic mass is 10.1. The number of rotatable bonds is 13. The van der Waals surface area contributed by atoms with Gasteiger partial charge in [-0.05, 0) is 19.4 Å². The average molecular weight is 368 g/mol. The molecule has 0 heterocycles. The maximum Gasteiger partial charge on any atom is 0.361 e. The number of ether oxygens (including phenoxy) is 1. The molecular weight excluding hydrogens is 333 g/mol. The number of esters is 1. The first-order valence-electron chi connectivity index (χ1n) is 8.67. The molecule has 0 saturated carbocycles. The van der Waals surface area contributed by atoms with E-state index in [1.54, 1.807) is 0 Å². The highest BCUT2D eigenvalue weighted by atomic mass is 35.5. The molecule has 0 N–H and O–H groups in total. The van der Waals surface area contributed by atoms with E-state index in [1.807, 2.05) is 27.1 Å². The van der Waals surface area contributed by atoms with E-state index in [-0.39, 0.29) is 18.4 Å². The predicted molar refractivity (Wildman–Crippen MR) is 95.0 cm³/mol. The molecule has 0 spiro atoms. The van der Waals surface area contributed by atoms with E-state index in [9.17, 15) is 4.79 Å². The molecule has 0 unspecified atom stereocenters. The number of halogens is 2. The van der Waals surface area contributed by atoms with Gasteiger partial charge in [-0.1, -0.05) is 63.5 Å². The minimum absolute atomic E-state index is 0. The molecule has 0 aromatic heterocycles. The van der Waals surface area contributed by atoms with Crippen LogP contribution in [0.25, 0.3) is 0 Å². The Hall–Kier alpha value is -0.250. The summed E-state index contributed by atoms with van der Waals surface area (Å²) in [6.07, 6.45) is 12.0. The standard InChI is InChI=1S/C18H35ClNO2.ClH/c1-5-6-7-8-9-10-11-12-15-22-18(21)16-20(3,4)14-13-17(2)19;/h13H,5-12,14-16H2,1-4H3;1H/q+1;/p-1/b17-13-;. The van der Waals surface area contributed by atoms with Crippen molar-refractivity contribution in [2.45, 2.75) is 65.2 Å². The fourth-order valence-electron chi connectivity index (χ4n) is 2.25. The number of hydrogen-bond acceptors (Lipinski definition) is 2. The van der Waals surface area contributed by atoms with Gasteiger partial charge in [-0.2, -0.15) is 0 Å². The number of nitrogens with zero attached hydrogens (tertiary/aromatic N) is 1. The van der Waals surface area contributed by atoms with Gasteiger partial charge < -0.3 is 21.6 Å². The molecule has 0 saturated heterocycles. The van der Waals surface area contributed by atoms with Gasteiger partial charge in [0.2, 0.25) is 0 Å². The monoisotopic (exact) mass is 367 g/mol. The summed E-state index contributed by atoms with van der Waals surface area (Å²) in [5.41, 5.74) is 0. The molecule has 0 aliphatic heterocycles. The second-order valence-corrected chi connectivity index (χ2v) is 7.36. The Morgan fingerprint density at radius 1 is 1.04 bits per heavy atom. The van der Waals surface area contributed by atoms with E-state index in [0.29, 0.717) is 17.6 Å². The summed E-state index contributed by atoms with van der Waals surface area (Å²) in [4.78, 5) is 11.8. The Labute approximate surface area is 154 Å². The van der Waals surface area contributed by atoms with E-state index in [4.69, 9.17) is 16.3 Å². The Morgan fingerprint density at radius 3 is 2.09 bits per heavy atom. The first-order chi connectivity index (χ1) is 10.4. The quantitative estimate of drug-likeness (QED) is 0.282. The van der Waals surface area contributed by atoms with Crippen LogP contribution in [-0.4, -0.2) is 44.2 Å². The molecule has 0 atom stereocenters. The summed E-state index contributed by atoms with van der Waals surface area (Å²) in [6.45, 7) is 5.77. The second kappa shape index (κ2) is 15.3. The van der Waals surface area contributed by atoms with Gasteiger partial charge in [-0.3, -0.25) is 0 Å². The van der Waals surface area contributed by atoms with Crippen molar-refractivity contribution in [2.75, 3.05) is 33.8 Å². The van der Waals surface area contributed by atoms with Crippen LogP contribution in [0.5, 0.6) is 0 Å². The van der Waals surface area contributed by atoms with Crippen LogP contribution >= 0.6 is 11.6 Å². The topological polar surface area (TPSA) is 26.3 Å². The van der Waals surface area contributed by atoms with E-state index in [2.05, 4.69) is 6.92 Å². The average Bonchev–Trinajstić information content (AvgIpc) is 2.43. The van der Waals surface area contributed by atoms with Gasteiger partial charge in [0.15, 0.2) is 6.54 Å². The highest BCUT2D eigenvalue weighted by Gasteiger charge is 2.19. The summed E-state index contributed by atoms with van der Waals surface area (Å²) in [6, 6.07) is 0. The van der Waals surface area contributed by atoms with Crippen molar-refractivity contribution < 1.29 is 26.4 Å². The minimum atomic E-state index is -0.117. The Bertz CT molecular complexity index is 327. The van der Waals surface area contributed by atoms with Crippen LogP contribution in [0.2, 0.25) is 0 Å². The third-order valence-corrected chi connectivity index (χ3v) is 3.84. The summed E-state index contributed by atoms with van der Waals surface area (Å²) >= 11 is 5.83. The zero-order valence-corrected chi connectivity index (χ0v) is 16.9. The molecule has 0 rings (SSSR count). The Morgan fingerprint density at radius 2 is 1.57 bits per heavy atom. The van der Waals surface area contributed by atoms with E-state index < -0.39 is 0 Å². The number of quaternary nitrogens is 1. The van der Waals surface area contributed by atoms with Gasteiger partial charge in [-0.25, -0.2) is 4.79 Å². The van der Waals surface area contributed by atoms with Gasteiger partial charge in [0.25, 0.3) is 0 Å². The Balaban J connectivity index is 0. The van der Waals surface area contributed by atoms with Gasteiger partial charge in [0, 0.05) is 5.03 Å². The number of allylic oxidation sites excluding steroid dienone is 1. The highest BCUT2D eigenvalue weighted by Crippen LogP contribution is 2.09. The number of unbranched alkanes of at least 4 members (excludes halogenated alkanes) is 7. The van der Waals surface area contributed by atoms with Gasteiger partial charge in [-0.15, -0.1) is 0 Å². The van der Waals surface area contributed by atoms with Crippen molar-refractivity contribution in [3.8, 4) is 0 Å². The molecule has 23 heavy (non-hydrogen) atoms. The number of hydrogen-bond donors (Lipinski definition) is 0. The maximum absolute atomic E-state index is 11.8. The lowest BCUT2D eigenvalue weighted by molar-refractivity contribution is -0.877. The van der Waals surface area contributed by atoms with Crippen LogP contribution in [0.15, 0.2) is 11.1 Å². The highest BCUT2D eigenvalue weighted by molar-refractivity contribution is 6.29. The number of carbonyl (C=O) groups is 1. The molecule has 138 valence electrons. The normalized spacial score (nSPS) is 12.0. The van der Waals surface area contributed by atoms with Crippen LogP contribution < -0.4 is 12.4 Å². The van der Waals surface area contributed by atoms with Crippen LogP contribution in [0, 0.1) is 0 Å². The van der Waals surface area contributed by atoms with Crippen LogP contribution in [0.1, 0.15) is 65.2 Å². The molecule has 0 aromatic carbocycles. The third-order valence-electron chi connectivity index (χ3n) is 3.68. The van der Waals surface area contributed by atoms with Gasteiger partial charge >= 0.3 is 5.97 Å². The lowest BCUT2D eigenvalue weighted by Crippen LogP contribution is -3.00. The van der Waals surface area contributed by atoms with Crippen molar-refractivity contribution in [1.29, 1.82) is 0 Å². The van der Waals surface area contributed by atoms with E-state index in [1.165, 1.54) is 38.5 Å². The summed E-state index contributed by atoms with van der Waals surface area (Å²) in [5.74, 6) is -0.117. The summed E-state index contributed by atoms with van der Waals surface area (Å²) in [7, 11) is 4.02. The molecule has 0 aromatic rings. The maximum atomic E-state index is 11.8. The smallest absolute Gasteiger partial charge is 0.361 e. The number of carbonyl (C=O) groups excluding carboxylic acids is 1. The molecule has 0 aliphatic carbocycles. The van der Waals surface area contributed by atoms with Gasteiger partial charge in [0.1, 0.15) is 0 Å². The zero-order chi connectivity index (χ0) is 16.8. The number of likely N-dealkylation sites (N-methyl/N-ethyl adjacent to an activating group) is 1. The molecule has 3 nitrogen and oxygen atoms in total. The first-order valence-corrected chi connectivity index (χ1v) is 9.05. The van der Waals surface area contributed by atoms with Crippen LogP contribution in [0.4, 0.5) is 0 Å². The third kappa shape index (κ3) is 17.9. The molecular formula is C18H35Cl2NO2. The summed E-state index contributed by atoms with van der Waals surface area (Å²) in [5, 5.41) is 0.763. The zero-order valence-electron chi connectivity index (χ0n) is 15.4. The molecule has 0 fully saturated rings. The second-order valence-electron chi connectivity index (χ2n) is 6.76. The van der Waals surface area contributed by atoms with Crippen LogP contribution in [0.3, 0.4) is 0 Å². The van der Waals surface area contributed by atoms with Crippen molar-refractivity contribution in [3.63, 3.8) is 0 Å². The minimum Gasteiger partial charge on any atom is -1.00 e. The van der Waals surface area contributed by atoms with Crippen molar-refractivity contribution in [2.24, 2.45) is 0 Å². The van der Waals surface area contributed by atoms with E-state index >= 15 is 0 Å². The fraction of sp³-hybridized carbons (Fsp3) is 0.833. The molecule has 5 heteroatoms. The lowest BCUT2D eigenvalue weighted by Gasteiger charge is -2.27. The first kappa shape index (κ1) is 25.0.